The van der Waals surface area contributed by atoms with Gasteiger partial charge >= 0.3 is 29.6 Å². The number of hydrogen-bond acceptors (Lipinski definition) is 5. The second kappa shape index (κ2) is 6.93. The van der Waals surface area contributed by atoms with Gasteiger partial charge in [-0.3, -0.25) is 4.79 Å². The zero-order chi connectivity index (χ0) is 14.9. The normalized spacial score (nSPS) is 10.8. The average Bonchev–Trinajstić information content (AvgIpc) is 2.74. The molecule has 9 heteroatoms. The molecule has 106 valence electrons. The predicted molar refractivity (Wildman–Crippen MR) is 72.1 cm³/mol. The Morgan fingerprint density at radius 2 is 2.00 bits per heavy atom. The number of aromatic nitrogens is 1. The maximum atomic E-state index is 12.2. The summed E-state index contributed by atoms with van der Waals surface area (Å²) in [6, 6.07) is 5.99. The van der Waals surface area contributed by atoms with Crippen molar-refractivity contribution in [2.75, 3.05) is 0 Å². The van der Waals surface area contributed by atoms with Crippen LogP contribution in [-0.4, -0.2) is 19.5 Å². The summed E-state index contributed by atoms with van der Waals surface area (Å²) >= 11 is 5.88. The number of nitrogens with zero attached hydrogens (tertiary/aromatic N) is 1. The van der Waals surface area contributed by atoms with E-state index >= 15 is 0 Å². The van der Waals surface area contributed by atoms with Crippen LogP contribution in [0.5, 0.6) is 0 Å². The number of sulfonamides is 1. The third-order valence-electron chi connectivity index (χ3n) is 2.52. The van der Waals surface area contributed by atoms with Crippen molar-refractivity contribution in [2.45, 2.75) is 18.7 Å². The van der Waals surface area contributed by atoms with Crippen LogP contribution in [-0.2, 0) is 10.0 Å². The predicted octanol–water partition coefficient (Wildman–Crippen LogP) is -0.932. The molecule has 2 rings (SSSR count). The van der Waals surface area contributed by atoms with Gasteiger partial charge in [0.05, 0.1) is 5.02 Å². The number of amides is 1. The van der Waals surface area contributed by atoms with Crippen LogP contribution in [0.2, 0.25) is 5.02 Å². The molecule has 1 amide bonds. The molecule has 6 nitrogen and oxygen atoms in total. The van der Waals surface area contributed by atoms with Gasteiger partial charge in [-0.15, -0.1) is 0 Å². The van der Waals surface area contributed by atoms with Crippen LogP contribution in [0.4, 0.5) is 0 Å². The number of hydrogen-bond donors (Lipinski definition) is 1. The molecule has 2 aromatic rings. The van der Waals surface area contributed by atoms with Crippen molar-refractivity contribution in [3.8, 4) is 0 Å². The minimum absolute atomic E-state index is 0. The summed E-state index contributed by atoms with van der Waals surface area (Å²) in [6.45, 7) is 3.18. The van der Waals surface area contributed by atoms with Crippen LogP contribution in [0.25, 0.3) is 0 Å². The van der Waals surface area contributed by atoms with Crippen LogP contribution in [0.3, 0.4) is 0 Å². The minimum atomic E-state index is -4.07. The number of benzene rings is 1. The summed E-state index contributed by atoms with van der Waals surface area (Å²) in [4.78, 5) is 11.7. The average molecular weight is 338 g/mol. The van der Waals surface area contributed by atoms with Crippen LogP contribution in [0, 0.1) is 13.8 Å². The first-order chi connectivity index (χ1) is 9.31. The number of aryl methyl sites for hydroxylation is 2. The molecule has 1 N–H and O–H groups in total. The fourth-order valence-electron chi connectivity index (χ4n) is 1.66. The smallest absolute Gasteiger partial charge is 0.361 e. The largest absolute Gasteiger partial charge is 1.00 e. The molecule has 0 aliphatic carbocycles. The molecule has 21 heavy (non-hydrogen) atoms. The van der Waals surface area contributed by atoms with Gasteiger partial charge in [-0.1, -0.05) is 28.9 Å². The van der Waals surface area contributed by atoms with Gasteiger partial charge in [0.15, 0.2) is 5.69 Å². The standard InChI is InChI=1S/C12H11ClN2O4S.Na/c1-7-4-3-5-9(13)11(7)20(17,18)15-12(16)10-6-8(2)19-14-10;/h3-6H,1-2H3,(H,15,16);/q;+1. The van der Waals surface area contributed by atoms with E-state index in [9.17, 15) is 13.2 Å². The zero-order valence-electron chi connectivity index (χ0n) is 11.7. The number of carbonyl (C=O) groups is 1. The molecule has 0 fully saturated rings. The molecular formula is C12H11ClN2NaO4S+. The van der Waals surface area contributed by atoms with Crippen molar-refractivity contribution in [1.29, 1.82) is 0 Å². The van der Waals surface area contributed by atoms with Gasteiger partial charge in [0.1, 0.15) is 10.7 Å². The van der Waals surface area contributed by atoms with E-state index in [0.29, 0.717) is 11.3 Å². The minimum Gasteiger partial charge on any atom is -0.361 e. The van der Waals surface area contributed by atoms with Crippen molar-refractivity contribution >= 4 is 27.5 Å². The molecule has 0 spiro atoms. The molecule has 0 aliphatic heterocycles. The Morgan fingerprint density at radius 1 is 1.33 bits per heavy atom. The van der Waals surface area contributed by atoms with Gasteiger partial charge in [0, 0.05) is 6.07 Å². The topological polar surface area (TPSA) is 89.3 Å². The number of halogens is 1. The Bertz CT molecular complexity index is 753. The van der Waals surface area contributed by atoms with E-state index in [0.717, 1.165) is 0 Å². The summed E-state index contributed by atoms with van der Waals surface area (Å²) in [7, 11) is -4.07. The molecule has 0 atom stereocenters. The molecule has 0 radical (unpaired) electrons. The Balaban J connectivity index is 0.00000220. The van der Waals surface area contributed by atoms with Crippen molar-refractivity contribution < 1.29 is 47.3 Å². The van der Waals surface area contributed by atoms with Crippen molar-refractivity contribution in [3.05, 3.63) is 46.3 Å². The zero-order valence-corrected chi connectivity index (χ0v) is 15.2. The fraction of sp³-hybridized carbons (Fsp3) is 0.167. The second-order valence-corrected chi connectivity index (χ2v) is 6.17. The fourth-order valence-corrected chi connectivity index (χ4v) is 3.45. The monoisotopic (exact) mass is 337 g/mol. The van der Waals surface area contributed by atoms with Crippen LogP contribution in [0.15, 0.2) is 33.7 Å². The summed E-state index contributed by atoms with van der Waals surface area (Å²) in [5, 5.41) is 3.50. The number of rotatable bonds is 3. The van der Waals surface area contributed by atoms with Crippen molar-refractivity contribution in [1.82, 2.24) is 9.88 Å². The molecule has 1 aromatic heterocycles. The first-order valence-corrected chi connectivity index (χ1v) is 7.43. The van der Waals surface area contributed by atoms with Gasteiger partial charge < -0.3 is 4.52 Å². The van der Waals surface area contributed by atoms with Crippen molar-refractivity contribution in [2.24, 2.45) is 0 Å². The maximum absolute atomic E-state index is 12.2. The molecule has 0 saturated carbocycles. The third-order valence-corrected chi connectivity index (χ3v) is 4.48. The van der Waals surface area contributed by atoms with E-state index in [-0.39, 0.29) is 45.2 Å². The van der Waals surface area contributed by atoms with Gasteiger partial charge in [-0.2, -0.15) is 0 Å². The van der Waals surface area contributed by atoms with Gasteiger partial charge in [0.25, 0.3) is 15.9 Å². The molecule has 0 aliphatic rings. The SMILES string of the molecule is Cc1cc(C(=O)NS(=O)(=O)c2c(C)cccc2Cl)no1.[Na+]. The van der Waals surface area contributed by atoms with E-state index in [4.69, 9.17) is 16.1 Å². The van der Waals surface area contributed by atoms with E-state index in [2.05, 4.69) is 5.16 Å². The summed E-state index contributed by atoms with van der Waals surface area (Å²) < 4.78 is 31.0. The van der Waals surface area contributed by atoms with E-state index in [1.54, 1.807) is 26.0 Å². The molecule has 1 heterocycles. The Labute approximate surface area is 149 Å². The summed E-state index contributed by atoms with van der Waals surface area (Å²) in [6.07, 6.45) is 0. The van der Waals surface area contributed by atoms with E-state index in [1.165, 1.54) is 12.1 Å². The quantitative estimate of drug-likeness (QED) is 0.731. The molecular weight excluding hydrogens is 327 g/mol. The summed E-state index contributed by atoms with van der Waals surface area (Å²) in [5.41, 5.74) is 0.324. The molecule has 0 bridgehead atoms. The Kier molecular flexibility index (Phi) is 6.01. The van der Waals surface area contributed by atoms with Crippen molar-refractivity contribution in [3.63, 3.8) is 0 Å². The van der Waals surface area contributed by atoms with Crippen LogP contribution >= 0.6 is 11.6 Å². The maximum Gasteiger partial charge on any atom is 1.00 e. The molecule has 1 aromatic carbocycles. The van der Waals surface area contributed by atoms with Gasteiger partial charge in [-0.05, 0) is 25.5 Å². The first-order valence-electron chi connectivity index (χ1n) is 5.57. The van der Waals surface area contributed by atoms with Gasteiger partial charge in [0.2, 0.25) is 0 Å². The molecule has 0 saturated heterocycles. The Morgan fingerprint density at radius 3 is 2.52 bits per heavy atom. The summed E-state index contributed by atoms with van der Waals surface area (Å²) in [5.74, 6) is -0.470. The Hall–Kier alpha value is -0.860. The number of carbonyl (C=O) groups excluding carboxylic acids is 1. The third kappa shape index (κ3) is 4.08. The van der Waals surface area contributed by atoms with Crippen LogP contribution < -0.4 is 34.3 Å². The second-order valence-electron chi connectivity index (χ2n) is 4.14. The number of nitrogens with one attached hydrogen (secondary N) is 1. The van der Waals surface area contributed by atoms with Crippen LogP contribution in [0.1, 0.15) is 21.8 Å². The van der Waals surface area contributed by atoms with Gasteiger partial charge in [-0.25, -0.2) is 13.1 Å². The van der Waals surface area contributed by atoms with E-state index < -0.39 is 15.9 Å². The van der Waals surface area contributed by atoms with E-state index in [1.807, 2.05) is 4.72 Å². The first kappa shape index (κ1) is 18.2. The molecule has 0 unspecified atom stereocenters.